The maximum absolute atomic E-state index is 5.51. The summed E-state index contributed by atoms with van der Waals surface area (Å²) in [5, 5.41) is 4.09. The van der Waals surface area contributed by atoms with E-state index in [1.165, 1.54) is 77.4 Å². The van der Waals surface area contributed by atoms with Gasteiger partial charge in [-0.05, 0) is 57.8 Å². The number of aromatic nitrogens is 3. The molecule has 2 rings (SSSR count). The highest BCUT2D eigenvalue weighted by molar-refractivity contribution is 4.73. The van der Waals surface area contributed by atoms with Crippen LogP contribution in [0.3, 0.4) is 0 Å². The van der Waals surface area contributed by atoms with Gasteiger partial charge in [0.2, 0.25) is 6.33 Å². The SMILES string of the molecule is NCCCCCCCCCN1CCC(Cn2cn[c]n2)CC1. The Morgan fingerprint density at radius 3 is 2.32 bits per heavy atom. The average Bonchev–Trinajstić information content (AvgIpc) is 3.04. The van der Waals surface area contributed by atoms with Crippen molar-refractivity contribution in [2.45, 2.75) is 64.3 Å². The Morgan fingerprint density at radius 2 is 1.68 bits per heavy atom. The van der Waals surface area contributed by atoms with Crippen LogP contribution in [0.4, 0.5) is 0 Å². The van der Waals surface area contributed by atoms with Gasteiger partial charge < -0.3 is 10.6 Å². The highest BCUT2D eigenvalue weighted by atomic mass is 15.3. The Labute approximate surface area is 135 Å². The predicted octanol–water partition coefficient (Wildman–Crippen LogP) is 2.48. The minimum atomic E-state index is 0.758. The molecule has 1 aromatic heterocycles. The van der Waals surface area contributed by atoms with E-state index in [4.69, 9.17) is 5.73 Å². The Hall–Kier alpha value is -0.940. The minimum Gasteiger partial charge on any atom is -0.330 e. The van der Waals surface area contributed by atoms with E-state index in [1.54, 1.807) is 6.33 Å². The number of nitrogens with two attached hydrogens (primary N) is 1. The smallest absolute Gasteiger partial charge is 0.220 e. The number of hydrogen-bond donors (Lipinski definition) is 1. The largest absolute Gasteiger partial charge is 0.330 e. The van der Waals surface area contributed by atoms with Crippen molar-refractivity contribution in [3.63, 3.8) is 0 Å². The highest BCUT2D eigenvalue weighted by Crippen LogP contribution is 2.19. The summed E-state index contributed by atoms with van der Waals surface area (Å²) in [7, 11) is 0. The van der Waals surface area contributed by atoms with Gasteiger partial charge in [-0.25, -0.2) is 4.98 Å². The van der Waals surface area contributed by atoms with E-state index in [1.807, 2.05) is 4.68 Å². The normalized spacial score (nSPS) is 17.1. The molecule has 0 atom stereocenters. The molecule has 2 N–H and O–H groups in total. The molecule has 125 valence electrons. The second kappa shape index (κ2) is 10.7. The molecule has 0 unspecified atom stereocenters. The van der Waals surface area contributed by atoms with Crippen molar-refractivity contribution >= 4 is 0 Å². The molecule has 2 heterocycles. The van der Waals surface area contributed by atoms with Gasteiger partial charge >= 0.3 is 0 Å². The third-order valence-corrected chi connectivity index (χ3v) is 4.75. The van der Waals surface area contributed by atoms with E-state index in [0.29, 0.717) is 0 Å². The number of rotatable bonds is 11. The summed E-state index contributed by atoms with van der Waals surface area (Å²) in [6, 6.07) is 0. The lowest BCUT2D eigenvalue weighted by Crippen LogP contribution is -2.35. The standard InChI is InChI=1S/C17H32N5/c18-10-6-4-2-1-3-5-7-11-21-12-8-17(9-13-21)14-22-16-19-15-20-22/h16-17H,1-14,18H2. The molecule has 1 aromatic rings. The van der Waals surface area contributed by atoms with Crippen molar-refractivity contribution < 1.29 is 0 Å². The van der Waals surface area contributed by atoms with E-state index < -0.39 is 0 Å². The first-order valence-electron chi connectivity index (χ1n) is 9.06. The van der Waals surface area contributed by atoms with Gasteiger partial charge in [-0.15, -0.1) is 5.10 Å². The van der Waals surface area contributed by atoms with Crippen molar-refractivity contribution in [1.82, 2.24) is 19.7 Å². The minimum absolute atomic E-state index is 0.758. The van der Waals surface area contributed by atoms with Crippen LogP contribution in [-0.2, 0) is 6.54 Å². The van der Waals surface area contributed by atoms with Crippen LogP contribution in [0.15, 0.2) is 6.33 Å². The summed E-state index contributed by atoms with van der Waals surface area (Å²) >= 11 is 0. The van der Waals surface area contributed by atoms with Gasteiger partial charge in [0, 0.05) is 6.54 Å². The first-order chi connectivity index (χ1) is 10.9. The summed E-state index contributed by atoms with van der Waals surface area (Å²) in [4.78, 5) is 6.53. The van der Waals surface area contributed by atoms with Crippen LogP contribution >= 0.6 is 0 Å². The molecule has 5 nitrogen and oxygen atoms in total. The summed E-state index contributed by atoms with van der Waals surface area (Å²) in [6.07, 6.45) is 16.4. The van der Waals surface area contributed by atoms with E-state index in [9.17, 15) is 0 Å². The third-order valence-electron chi connectivity index (χ3n) is 4.75. The van der Waals surface area contributed by atoms with Crippen LogP contribution in [-0.4, -0.2) is 45.8 Å². The van der Waals surface area contributed by atoms with Crippen molar-refractivity contribution in [1.29, 1.82) is 0 Å². The number of piperidine rings is 1. The van der Waals surface area contributed by atoms with Gasteiger partial charge in [0.1, 0.15) is 6.33 Å². The first-order valence-corrected chi connectivity index (χ1v) is 9.06. The fourth-order valence-electron chi connectivity index (χ4n) is 3.31. The summed E-state index contributed by atoms with van der Waals surface area (Å²) in [5.74, 6) is 0.758. The Kier molecular flexibility index (Phi) is 8.49. The monoisotopic (exact) mass is 306 g/mol. The number of likely N-dealkylation sites (tertiary alicyclic amines) is 1. The molecule has 0 aromatic carbocycles. The number of hydrogen-bond acceptors (Lipinski definition) is 4. The van der Waals surface area contributed by atoms with E-state index in [2.05, 4.69) is 21.3 Å². The summed E-state index contributed by atoms with van der Waals surface area (Å²) < 4.78 is 1.92. The Morgan fingerprint density at radius 1 is 1.00 bits per heavy atom. The molecule has 0 aliphatic carbocycles. The number of unbranched alkanes of at least 4 members (excludes halogenated alkanes) is 6. The van der Waals surface area contributed by atoms with Crippen LogP contribution in [0.1, 0.15) is 57.8 Å². The molecule has 1 saturated heterocycles. The fourth-order valence-corrected chi connectivity index (χ4v) is 3.31. The van der Waals surface area contributed by atoms with Gasteiger partial charge in [-0.1, -0.05) is 32.1 Å². The zero-order valence-corrected chi connectivity index (χ0v) is 13.9. The van der Waals surface area contributed by atoms with E-state index in [-0.39, 0.29) is 0 Å². The summed E-state index contributed by atoms with van der Waals surface area (Å²) in [5.41, 5.74) is 5.51. The maximum atomic E-state index is 5.51. The lowest BCUT2D eigenvalue weighted by molar-refractivity contribution is 0.168. The lowest BCUT2D eigenvalue weighted by Gasteiger charge is -2.31. The molecule has 0 saturated carbocycles. The molecule has 22 heavy (non-hydrogen) atoms. The van der Waals surface area contributed by atoms with Crippen LogP contribution < -0.4 is 5.73 Å². The van der Waals surface area contributed by atoms with Gasteiger partial charge in [0.15, 0.2) is 0 Å². The molecular weight excluding hydrogens is 274 g/mol. The van der Waals surface area contributed by atoms with Crippen molar-refractivity contribution in [2.24, 2.45) is 11.7 Å². The quantitative estimate of drug-likeness (QED) is 0.638. The zero-order chi connectivity index (χ0) is 15.5. The molecule has 0 spiro atoms. The summed E-state index contributed by atoms with van der Waals surface area (Å²) in [6.45, 7) is 5.64. The highest BCUT2D eigenvalue weighted by Gasteiger charge is 2.19. The fraction of sp³-hybridized carbons (Fsp3) is 0.882. The van der Waals surface area contributed by atoms with Crippen LogP contribution in [0.5, 0.6) is 0 Å². The van der Waals surface area contributed by atoms with Gasteiger partial charge in [0.25, 0.3) is 0 Å². The maximum Gasteiger partial charge on any atom is 0.220 e. The second-order valence-corrected chi connectivity index (χ2v) is 6.62. The zero-order valence-electron chi connectivity index (χ0n) is 13.9. The van der Waals surface area contributed by atoms with Crippen LogP contribution in [0, 0.1) is 12.2 Å². The van der Waals surface area contributed by atoms with Crippen molar-refractivity contribution in [3.05, 3.63) is 12.7 Å². The molecular formula is C17H32N5. The van der Waals surface area contributed by atoms with Gasteiger partial charge in [0.05, 0.1) is 0 Å². The molecule has 1 radical (unpaired) electrons. The third kappa shape index (κ3) is 6.88. The second-order valence-electron chi connectivity index (χ2n) is 6.62. The van der Waals surface area contributed by atoms with Crippen LogP contribution in [0.2, 0.25) is 0 Å². The number of nitrogens with zero attached hydrogens (tertiary/aromatic N) is 4. The van der Waals surface area contributed by atoms with E-state index in [0.717, 1.165) is 19.0 Å². The van der Waals surface area contributed by atoms with Gasteiger partial charge in [-0.3, -0.25) is 4.68 Å². The predicted molar refractivity (Wildman–Crippen MR) is 89.4 cm³/mol. The molecule has 1 aliphatic rings. The lowest BCUT2D eigenvalue weighted by atomic mass is 9.96. The van der Waals surface area contributed by atoms with E-state index >= 15 is 0 Å². The molecule has 0 bridgehead atoms. The molecule has 1 aliphatic heterocycles. The Bertz CT molecular complexity index is 357. The molecule has 5 heteroatoms. The molecule has 0 amide bonds. The average molecular weight is 306 g/mol. The molecule has 1 fully saturated rings. The Balaban J connectivity index is 1.44. The van der Waals surface area contributed by atoms with Gasteiger partial charge in [-0.2, -0.15) is 0 Å². The van der Waals surface area contributed by atoms with Crippen LogP contribution in [0.25, 0.3) is 0 Å². The topological polar surface area (TPSA) is 60.0 Å². The van der Waals surface area contributed by atoms with Crippen molar-refractivity contribution in [3.8, 4) is 0 Å². The van der Waals surface area contributed by atoms with Crippen molar-refractivity contribution in [2.75, 3.05) is 26.2 Å². The first kappa shape index (κ1) is 17.4.